The minimum Gasteiger partial charge on any atom is -0.372 e. The zero-order valence-corrected chi connectivity index (χ0v) is 16.6. The van der Waals surface area contributed by atoms with Crippen molar-refractivity contribution in [2.45, 2.75) is 44.9 Å². The van der Waals surface area contributed by atoms with Gasteiger partial charge in [0.2, 0.25) is 0 Å². The summed E-state index contributed by atoms with van der Waals surface area (Å²) >= 11 is 0. The van der Waals surface area contributed by atoms with Gasteiger partial charge in [0.1, 0.15) is 5.82 Å². The number of hydrogen-bond acceptors (Lipinski definition) is 4. The Labute approximate surface area is 167 Å². The molecule has 5 heteroatoms. The lowest BCUT2D eigenvalue weighted by Gasteiger charge is -2.28. The molecule has 2 saturated heterocycles. The number of pyridine rings is 1. The van der Waals surface area contributed by atoms with Crippen molar-refractivity contribution in [2.24, 2.45) is 0 Å². The fourth-order valence-corrected chi connectivity index (χ4v) is 4.11. The maximum atomic E-state index is 12.7. The van der Waals surface area contributed by atoms with Crippen LogP contribution in [0.25, 0.3) is 0 Å². The highest BCUT2D eigenvalue weighted by Crippen LogP contribution is 2.23. The Morgan fingerprint density at radius 2 is 1.43 bits per heavy atom. The Balaban J connectivity index is 1.36. The van der Waals surface area contributed by atoms with Gasteiger partial charge in [-0.25, -0.2) is 4.98 Å². The largest absolute Gasteiger partial charge is 0.372 e. The lowest BCUT2D eigenvalue weighted by atomic mass is 10.1. The molecule has 2 aromatic rings. The average Bonchev–Trinajstić information content (AvgIpc) is 3.05. The van der Waals surface area contributed by atoms with E-state index in [0.29, 0.717) is 5.56 Å². The summed E-state index contributed by atoms with van der Waals surface area (Å²) in [6, 6.07) is 12.3. The number of rotatable bonds is 4. The van der Waals surface area contributed by atoms with Gasteiger partial charge in [-0.3, -0.25) is 4.79 Å². The van der Waals surface area contributed by atoms with Crippen molar-refractivity contribution >= 4 is 23.1 Å². The molecule has 0 bridgehead atoms. The summed E-state index contributed by atoms with van der Waals surface area (Å²) in [6.07, 6.45) is 10.3. The maximum Gasteiger partial charge on any atom is 0.255 e. The molecule has 1 amide bonds. The highest BCUT2D eigenvalue weighted by molar-refractivity contribution is 5.94. The molecule has 0 aliphatic carbocycles. The van der Waals surface area contributed by atoms with E-state index in [1.54, 1.807) is 6.20 Å². The second-order valence-corrected chi connectivity index (χ2v) is 7.86. The number of nitrogens with zero attached hydrogens (tertiary/aromatic N) is 3. The second-order valence-electron chi connectivity index (χ2n) is 7.86. The van der Waals surface area contributed by atoms with Crippen molar-refractivity contribution in [3.8, 4) is 0 Å². The van der Waals surface area contributed by atoms with E-state index in [9.17, 15) is 4.79 Å². The molecule has 1 aromatic heterocycles. The van der Waals surface area contributed by atoms with Gasteiger partial charge in [0.15, 0.2) is 0 Å². The molecule has 2 aliphatic heterocycles. The van der Waals surface area contributed by atoms with Crippen molar-refractivity contribution in [3.05, 3.63) is 48.2 Å². The molecule has 0 radical (unpaired) electrons. The van der Waals surface area contributed by atoms with E-state index in [2.05, 4.69) is 39.5 Å². The van der Waals surface area contributed by atoms with E-state index in [1.165, 1.54) is 37.8 Å². The number of piperidine rings is 1. The van der Waals surface area contributed by atoms with Gasteiger partial charge in [0.05, 0.1) is 5.56 Å². The van der Waals surface area contributed by atoms with Crippen LogP contribution in [0.4, 0.5) is 17.2 Å². The number of anilines is 3. The Morgan fingerprint density at radius 3 is 2.07 bits per heavy atom. The Bertz CT molecular complexity index is 758. The SMILES string of the molecule is O=C(c1ccc(Nc2ccc(N3CCCCC3)cc2)nc1)N1CCCCCC1. The molecule has 1 aromatic carbocycles. The minimum absolute atomic E-state index is 0.104. The summed E-state index contributed by atoms with van der Waals surface area (Å²) in [5.74, 6) is 0.866. The molecule has 1 N–H and O–H groups in total. The highest BCUT2D eigenvalue weighted by Gasteiger charge is 2.17. The van der Waals surface area contributed by atoms with Crippen molar-refractivity contribution in [2.75, 3.05) is 36.4 Å². The van der Waals surface area contributed by atoms with Crippen LogP contribution in [0.1, 0.15) is 55.3 Å². The van der Waals surface area contributed by atoms with E-state index in [1.807, 2.05) is 17.0 Å². The molecule has 0 spiro atoms. The summed E-state index contributed by atoms with van der Waals surface area (Å²) in [4.78, 5) is 21.5. The van der Waals surface area contributed by atoms with Crippen LogP contribution in [0.3, 0.4) is 0 Å². The number of benzene rings is 1. The third-order valence-corrected chi connectivity index (χ3v) is 5.76. The minimum atomic E-state index is 0.104. The first-order valence-electron chi connectivity index (χ1n) is 10.7. The van der Waals surface area contributed by atoms with Gasteiger partial charge in [0.25, 0.3) is 5.91 Å². The van der Waals surface area contributed by atoms with Crippen molar-refractivity contribution in [3.63, 3.8) is 0 Å². The molecular formula is C23H30N4O. The predicted molar refractivity (Wildman–Crippen MR) is 114 cm³/mol. The third kappa shape index (κ3) is 4.64. The average molecular weight is 379 g/mol. The summed E-state index contributed by atoms with van der Waals surface area (Å²) < 4.78 is 0. The standard InChI is InChI=1S/C23H30N4O/c28-23(27-16-4-1-2-5-17-27)19-8-13-22(24-18-19)25-20-9-11-21(12-10-20)26-14-6-3-7-15-26/h8-13,18H,1-7,14-17H2,(H,24,25). The first-order chi connectivity index (χ1) is 13.8. The van der Waals surface area contributed by atoms with Gasteiger partial charge in [-0.15, -0.1) is 0 Å². The van der Waals surface area contributed by atoms with Gasteiger partial charge in [-0.05, 0) is 68.5 Å². The number of likely N-dealkylation sites (tertiary alicyclic amines) is 1. The molecule has 148 valence electrons. The highest BCUT2D eigenvalue weighted by atomic mass is 16.2. The molecule has 5 nitrogen and oxygen atoms in total. The third-order valence-electron chi connectivity index (χ3n) is 5.76. The van der Waals surface area contributed by atoms with Crippen LogP contribution in [0.5, 0.6) is 0 Å². The van der Waals surface area contributed by atoms with E-state index < -0.39 is 0 Å². The van der Waals surface area contributed by atoms with Gasteiger partial charge in [0, 0.05) is 43.8 Å². The van der Waals surface area contributed by atoms with Crippen LogP contribution < -0.4 is 10.2 Å². The smallest absolute Gasteiger partial charge is 0.255 e. The summed E-state index contributed by atoms with van der Waals surface area (Å²) in [6.45, 7) is 4.03. The zero-order valence-electron chi connectivity index (χ0n) is 16.6. The lowest BCUT2D eigenvalue weighted by molar-refractivity contribution is 0.0761. The fourth-order valence-electron chi connectivity index (χ4n) is 4.11. The number of carbonyl (C=O) groups excluding carboxylic acids is 1. The van der Waals surface area contributed by atoms with Gasteiger partial charge in [-0.2, -0.15) is 0 Å². The van der Waals surface area contributed by atoms with E-state index in [0.717, 1.165) is 50.5 Å². The monoisotopic (exact) mass is 378 g/mol. The van der Waals surface area contributed by atoms with Gasteiger partial charge < -0.3 is 15.1 Å². The van der Waals surface area contributed by atoms with Gasteiger partial charge >= 0.3 is 0 Å². The molecule has 3 heterocycles. The van der Waals surface area contributed by atoms with Crippen LogP contribution in [-0.4, -0.2) is 42.0 Å². The van der Waals surface area contributed by atoms with Crippen LogP contribution in [0.15, 0.2) is 42.6 Å². The maximum absolute atomic E-state index is 12.7. The summed E-state index contributed by atoms with van der Waals surface area (Å²) in [7, 11) is 0. The molecule has 0 atom stereocenters. The fraction of sp³-hybridized carbons (Fsp3) is 0.478. The molecular weight excluding hydrogens is 348 g/mol. The number of carbonyl (C=O) groups is 1. The van der Waals surface area contributed by atoms with Crippen LogP contribution in [0, 0.1) is 0 Å². The van der Waals surface area contributed by atoms with Gasteiger partial charge in [-0.1, -0.05) is 12.8 Å². The molecule has 28 heavy (non-hydrogen) atoms. The number of nitrogens with one attached hydrogen (secondary N) is 1. The number of hydrogen-bond donors (Lipinski definition) is 1. The van der Waals surface area contributed by atoms with E-state index >= 15 is 0 Å². The molecule has 2 fully saturated rings. The van der Waals surface area contributed by atoms with E-state index in [4.69, 9.17) is 0 Å². The second kappa shape index (κ2) is 9.09. The predicted octanol–water partition coefficient (Wildman–Crippen LogP) is 4.83. The lowest BCUT2D eigenvalue weighted by Crippen LogP contribution is -2.31. The zero-order chi connectivity index (χ0) is 19.2. The normalized spacial score (nSPS) is 17.9. The van der Waals surface area contributed by atoms with Crippen molar-refractivity contribution < 1.29 is 4.79 Å². The van der Waals surface area contributed by atoms with Crippen LogP contribution >= 0.6 is 0 Å². The van der Waals surface area contributed by atoms with Crippen molar-refractivity contribution in [1.82, 2.24) is 9.88 Å². The first-order valence-corrected chi connectivity index (χ1v) is 10.7. The van der Waals surface area contributed by atoms with E-state index in [-0.39, 0.29) is 5.91 Å². The molecule has 4 rings (SSSR count). The number of amides is 1. The Kier molecular flexibility index (Phi) is 6.10. The summed E-state index contributed by atoms with van der Waals surface area (Å²) in [5, 5.41) is 3.34. The Morgan fingerprint density at radius 1 is 0.786 bits per heavy atom. The number of aromatic nitrogens is 1. The molecule has 0 unspecified atom stereocenters. The first kappa shape index (κ1) is 18.8. The topological polar surface area (TPSA) is 48.5 Å². The molecule has 0 saturated carbocycles. The molecule has 2 aliphatic rings. The van der Waals surface area contributed by atoms with Crippen LogP contribution in [-0.2, 0) is 0 Å². The van der Waals surface area contributed by atoms with Crippen molar-refractivity contribution in [1.29, 1.82) is 0 Å². The Hall–Kier alpha value is -2.56. The summed E-state index contributed by atoms with van der Waals surface area (Å²) in [5.41, 5.74) is 2.98. The van der Waals surface area contributed by atoms with Crippen LogP contribution in [0.2, 0.25) is 0 Å². The quantitative estimate of drug-likeness (QED) is 0.828.